The average molecular weight is 387 g/mol. The van der Waals surface area contributed by atoms with Crippen LogP contribution in [-0.4, -0.2) is 34.4 Å². The zero-order valence-electron chi connectivity index (χ0n) is 15.0. The summed E-state index contributed by atoms with van der Waals surface area (Å²) in [5.41, 5.74) is 4.45. The van der Waals surface area contributed by atoms with Gasteiger partial charge in [0.2, 0.25) is 5.91 Å². The normalized spacial score (nSPS) is 18.8. The maximum absolute atomic E-state index is 13.0. The van der Waals surface area contributed by atoms with Crippen LogP contribution in [0.4, 0.5) is 5.69 Å². The number of hydrogen-bond acceptors (Lipinski definition) is 4. The Bertz CT molecular complexity index is 853. The van der Waals surface area contributed by atoms with Crippen molar-refractivity contribution in [1.82, 2.24) is 4.90 Å². The number of anilines is 1. The van der Waals surface area contributed by atoms with Gasteiger partial charge in [-0.3, -0.25) is 9.59 Å². The van der Waals surface area contributed by atoms with E-state index in [0.717, 1.165) is 29.0 Å². The third-order valence-electron chi connectivity index (χ3n) is 5.18. The van der Waals surface area contributed by atoms with Crippen molar-refractivity contribution < 1.29 is 9.59 Å². The van der Waals surface area contributed by atoms with Crippen molar-refractivity contribution in [2.45, 2.75) is 39.2 Å². The zero-order valence-corrected chi connectivity index (χ0v) is 16.6. The first kappa shape index (κ1) is 17.6. The van der Waals surface area contributed by atoms with Gasteiger partial charge in [0.1, 0.15) is 6.04 Å². The number of thioether (sulfide) groups is 1. The van der Waals surface area contributed by atoms with Crippen molar-refractivity contribution in [3.05, 3.63) is 50.7 Å². The second kappa shape index (κ2) is 7.08. The van der Waals surface area contributed by atoms with E-state index in [0.29, 0.717) is 11.6 Å². The fraction of sp³-hybridized carbons (Fsp3) is 0.400. The molecule has 0 saturated carbocycles. The van der Waals surface area contributed by atoms with E-state index >= 15 is 0 Å². The highest BCUT2D eigenvalue weighted by atomic mass is 32.2. The first-order chi connectivity index (χ1) is 12.5. The number of nitrogens with zero attached hydrogens (tertiary/aromatic N) is 1. The summed E-state index contributed by atoms with van der Waals surface area (Å²) in [6, 6.07) is 7.52. The lowest BCUT2D eigenvalue weighted by atomic mass is 10.1. The van der Waals surface area contributed by atoms with Gasteiger partial charge in [-0.2, -0.15) is 0 Å². The Morgan fingerprint density at radius 3 is 2.77 bits per heavy atom. The van der Waals surface area contributed by atoms with Gasteiger partial charge < -0.3 is 10.2 Å². The van der Waals surface area contributed by atoms with Crippen LogP contribution in [0.15, 0.2) is 24.3 Å². The molecule has 1 aromatic carbocycles. The minimum Gasteiger partial charge on any atom is -0.324 e. The maximum Gasteiger partial charge on any atom is 0.265 e. The molecule has 1 N–H and O–H groups in total. The van der Waals surface area contributed by atoms with Gasteiger partial charge in [0.15, 0.2) is 0 Å². The molecule has 0 radical (unpaired) electrons. The number of hydrogen-bond donors (Lipinski definition) is 1. The van der Waals surface area contributed by atoms with Gasteiger partial charge in [-0.05, 0) is 68.0 Å². The number of carbonyl (C=O) groups excluding carboxylic acids is 2. The highest BCUT2D eigenvalue weighted by Gasteiger charge is 2.36. The number of fused-ring (bicyclic) bond motifs is 1. The topological polar surface area (TPSA) is 49.4 Å². The molecule has 4 nitrogen and oxygen atoms in total. The SMILES string of the molecule is Cc1ccc(NC(=O)[C@H]2CSCN2C(=O)c2cc3c(s2)CCC3)cc1C. The van der Waals surface area contributed by atoms with Crippen LogP contribution in [0.25, 0.3) is 0 Å². The molecule has 1 saturated heterocycles. The van der Waals surface area contributed by atoms with Crippen molar-refractivity contribution in [3.8, 4) is 0 Å². The Morgan fingerprint density at radius 2 is 2.00 bits per heavy atom. The molecular formula is C20H22N2O2S2. The van der Waals surface area contributed by atoms with Crippen molar-refractivity contribution in [3.63, 3.8) is 0 Å². The van der Waals surface area contributed by atoms with Crippen molar-refractivity contribution in [2.75, 3.05) is 16.9 Å². The maximum atomic E-state index is 13.0. The summed E-state index contributed by atoms with van der Waals surface area (Å²) in [5, 5.41) is 2.98. The second-order valence-corrected chi connectivity index (χ2v) is 9.13. The summed E-state index contributed by atoms with van der Waals surface area (Å²) in [7, 11) is 0. The monoisotopic (exact) mass is 386 g/mol. The van der Waals surface area contributed by atoms with E-state index in [2.05, 4.69) is 5.32 Å². The summed E-state index contributed by atoms with van der Waals surface area (Å²) < 4.78 is 0. The number of benzene rings is 1. The first-order valence-electron chi connectivity index (χ1n) is 8.91. The van der Waals surface area contributed by atoms with Gasteiger partial charge in [0, 0.05) is 16.3 Å². The number of amides is 2. The smallest absolute Gasteiger partial charge is 0.265 e. The van der Waals surface area contributed by atoms with Crippen molar-refractivity contribution in [1.29, 1.82) is 0 Å². The van der Waals surface area contributed by atoms with Gasteiger partial charge in [0.05, 0.1) is 10.8 Å². The molecule has 2 heterocycles. The standard InChI is InChI=1S/C20H22N2O2S2/c1-12-6-7-15(8-13(12)2)21-19(23)16-10-25-11-22(16)20(24)18-9-14-4-3-5-17(14)26-18/h6-9,16H,3-5,10-11H2,1-2H3,(H,21,23)/t16-/m1/s1. The van der Waals surface area contributed by atoms with E-state index < -0.39 is 6.04 Å². The Labute approximate surface area is 162 Å². The molecule has 4 rings (SSSR count). The van der Waals surface area contributed by atoms with Gasteiger partial charge in [-0.1, -0.05) is 6.07 Å². The minimum atomic E-state index is -0.411. The summed E-state index contributed by atoms with van der Waals surface area (Å²) in [6.07, 6.45) is 3.35. The van der Waals surface area contributed by atoms with Gasteiger partial charge in [0.25, 0.3) is 5.91 Å². The summed E-state index contributed by atoms with van der Waals surface area (Å²) >= 11 is 3.24. The molecule has 1 fully saturated rings. The van der Waals surface area contributed by atoms with Crippen LogP contribution < -0.4 is 5.32 Å². The van der Waals surface area contributed by atoms with Crippen LogP contribution >= 0.6 is 23.1 Å². The molecule has 2 aliphatic rings. The Hall–Kier alpha value is -1.79. The minimum absolute atomic E-state index is 0.00497. The first-order valence-corrected chi connectivity index (χ1v) is 10.9. The molecule has 2 aromatic rings. The predicted molar refractivity (Wildman–Crippen MR) is 108 cm³/mol. The van der Waals surface area contributed by atoms with E-state index in [1.807, 2.05) is 38.1 Å². The van der Waals surface area contributed by atoms with E-state index in [1.165, 1.54) is 22.4 Å². The summed E-state index contributed by atoms with van der Waals surface area (Å²) in [6.45, 7) is 4.08. The van der Waals surface area contributed by atoms with E-state index in [-0.39, 0.29) is 11.8 Å². The number of carbonyl (C=O) groups is 2. The van der Waals surface area contributed by atoms with Crippen LogP contribution in [0.2, 0.25) is 0 Å². The largest absolute Gasteiger partial charge is 0.324 e. The van der Waals surface area contributed by atoms with E-state index in [1.54, 1.807) is 28.0 Å². The molecule has 0 spiro atoms. The third-order valence-corrected chi connectivity index (χ3v) is 7.41. The highest BCUT2D eigenvalue weighted by molar-refractivity contribution is 7.99. The van der Waals surface area contributed by atoms with Gasteiger partial charge in [-0.25, -0.2) is 0 Å². The molecule has 1 aliphatic heterocycles. The Morgan fingerprint density at radius 1 is 1.15 bits per heavy atom. The van der Waals surface area contributed by atoms with Crippen molar-refractivity contribution in [2.24, 2.45) is 0 Å². The molecule has 1 aliphatic carbocycles. The van der Waals surface area contributed by atoms with Gasteiger partial charge in [-0.15, -0.1) is 23.1 Å². The lowest BCUT2D eigenvalue weighted by molar-refractivity contribution is -0.119. The zero-order chi connectivity index (χ0) is 18.3. The molecule has 6 heteroatoms. The Balaban J connectivity index is 1.49. The molecule has 0 bridgehead atoms. The van der Waals surface area contributed by atoms with Crippen LogP contribution in [0.3, 0.4) is 0 Å². The fourth-order valence-electron chi connectivity index (χ4n) is 3.48. The Kier molecular flexibility index (Phi) is 4.80. The molecule has 0 unspecified atom stereocenters. The lowest BCUT2D eigenvalue weighted by Gasteiger charge is -2.22. The number of thiophene rings is 1. The number of rotatable bonds is 3. The second-order valence-electron chi connectivity index (χ2n) is 6.99. The average Bonchev–Trinajstić information content (AvgIpc) is 3.32. The van der Waals surface area contributed by atoms with Crippen LogP contribution in [0.5, 0.6) is 0 Å². The quantitative estimate of drug-likeness (QED) is 0.867. The van der Waals surface area contributed by atoms with Gasteiger partial charge >= 0.3 is 0 Å². The van der Waals surface area contributed by atoms with E-state index in [9.17, 15) is 9.59 Å². The third kappa shape index (κ3) is 3.28. The molecule has 1 atom stereocenters. The van der Waals surface area contributed by atoms with Crippen LogP contribution in [-0.2, 0) is 17.6 Å². The van der Waals surface area contributed by atoms with E-state index in [4.69, 9.17) is 0 Å². The molecule has 2 amide bonds. The number of aryl methyl sites for hydroxylation is 4. The van der Waals surface area contributed by atoms with Crippen LogP contribution in [0, 0.1) is 13.8 Å². The lowest BCUT2D eigenvalue weighted by Crippen LogP contribution is -2.44. The highest BCUT2D eigenvalue weighted by Crippen LogP contribution is 2.33. The predicted octanol–water partition coefficient (Wildman–Crippen LogP) is 4.01. The molecule has 136 valence electrons. The van der Waals surface area contributed by atoms with Crippen LogP contribution in [0.1, 0.15) is 37.7 Å². The fourth-order valence-corrected chi connectivity index (χ4v) is 5.84. The van der Waals surface area contributed by atoms with Crippen molar-refractivity contribution >= 4 is 40.6 Å². The molecule has 26 heavy (non-hydrogen) atoms. The molecular weight excluding hydrogens is 364 g/mol. The summed E-state index contributed by atoms with van der Waals surface area (Å²) in [4.78, 5) is 29.6. The molecule has 1 aromatic heterocycles. The number of nitrogens with one attached hydrogen (secondary N) is 1. The summed E-state index contributed by atoms with van der Waals surface area (Å²) in [5.74, 6) is 1.12.